The molecule has 120 valence electrons. The first-order valence-corrected chi connectivity index (χ1v) is 8.95. The van der Waals surface area contributed by atoms with Gasteiger partial charge in [0.1, 0.15) is 0 Å². The van der Waals surface area contributed by atoms with Gasteiger partial charge in [0.2, 0.25) is 5.91 Å². The molecule has 1 saturated heterocycles. The smallest absolute Gasteiger partial charge is 0.237 e. The van der Waals surface area contributed by atoms with E-state index in [4.69, 9.17) is 0 Å². The van der Waals surface area contributed by atoms with Crippen molar-refractivity contribution in [1.29, 1.82) is 0 Å². The van der Waals surface area contributed by atoms with Crippen molar-refractivity contribution < 1.29 is 9.90 Å². The fraction of sp³-hybridized carbons (Fsp3) is 0.941. The first kappa shape index (κ1) is 15.3. The molecular formula is C17H30N2O2. The van der Waals surface area contributed by atoms with Gasteiger partial charge in [0, 0.05) is 18.6 Å². The first-order chi connectivity index (χ1) is 10.3. The van der Waals surface area contributed by atoms with E-state index in [9.17, 15) is 9.90 Å². The summed E-state index contributed by atoms with van der Waals surface area (Å²) >= 11 is 0. The Morgan fingerprint density at radius 3 is 2.43 bits per heavy atom. The van der Waals surface area contributed by atoms with E-state index in [0.717, 1.165) is 25.9 Å². The molecule has 2 N–H and O–H groups in total. The Morgan fingerprint density at radius 1 is 1.05 bits per heavy atom. The van der Waals surface area contributed by atoms with Crippen molar-refractivity contribution >= 4 is 5.91 Å². The highest BCUT2D eigenvalue weighted by atomic mass is 16.3. The average molecular weight is 294 g/mol. The monoisotopic (exact) mass is 294 g/mol. The number of rotatable bonds is 5. The summed E-state index contributed by atoms with van der Waals surface area (Å²) < 4.78 is 0. The molecule has 4 nitrogen and oxygen atoms in total. The molecule has 0 spiro atoms. The molecule has 3 atom stereocenters. The number of hydrogen-bond acceptors (Lipinski definition) is 3. The summed E-state index contributed by atoms with van der Waals surface area (Å²) in [5.74, 6) is 1.08. The number of amides is 1. The van der Waals surface area contributed by atoms with Crippen LogP contribution in [0.3, 0.4) is 0 Å². The van der Waals surface area contributed by atoms with Crippen molar-refractivity contribution in [3.05, 3.63) is 0 Å². The molecule has 1 aliphatic heterocycles. The Hall–Kier alpha value is -0.610. The van der Waals surface area contributed by atoms with Crippen molar-refractivity contribution in [1.82, 2.24) is 10.2 Å². The standard InChI is InChI=1S/C17H30N2O2/c20-12-14-6-2-1-3-7-15(14)18-17(21)16(13-8-9-13)19-10-4-5-11-19/h13-16,20H,1-12H2,(H,18,21)/t14-,15-,16+/m1/s1. The van der Waals surface area contributed by atoms with Gasteiger partial charge in [0.25, 0.3) is 0 Å². The number of aliphatic hydroxyl groups is 1. The third-order valence-corrected chi connectivity index (χ3v) is 5.59. The number of hydrogen-bond donors (Lipinski definition) is 2. The third kappa shape index (κ3) is 3.78. The van der Waals surface area contributed by atoms with Gasteiger partial charge in [-0.25, -0.2) is 0 Å². The summed E-state index contributed by atoms with van der Waals surface area (Å²) in [4.78, 5) is 15.2. The Labute approximate surface area is 128 Å². The largest absolute Gasteiger partial charge is 0.396 e. The Bertz CT molecular complexity index is 351. The molecule has 0 aromatic rings. The lowest BCUT2D eigenvalue weighted by Crippen LogP contribution is -2.52. The lowest BCUT2D eigenvalue weighted by molar-refractivity contribution is -0.128. The van der Waals surface area contributed by atoms with E-state index in [1.54, 1.807) is 0 Å². The summed E-state index contributed by atoms with van der Waals surface area (Å²) in [6.45, 7) is 2.38. The van der Waals surface area contributed by atoms with Crippen LogP contribution < -0.4 is 5.32 Å². The molecule has 3 fully saturated rings. The molecule has 1 heterocycles. The van der Waals surface area contributed by atoms with Gasteiger partial charge in [0.05, 0.1) is 6.04 Å². The maximum atomic E-state index is 12.8. The fourth-order valence-corrected chi connectivity index (χ4v) is 4.17. The van der Waals surface area contributed by atoms with Gasteiger partial charge >= 0.3 is 0 Å². The lowest BCUT2D eigenvalue weighted by Gasteiger charge is -2.31. The van der Waals surface area contributed by atoms with Crippen molar-refractivity contribution in [2.75, 3.05) is 19.7 Å². The van der Waals surface area contributed by atoms with Crippen LogP contribution in [0.4, 0.5) is 0 Å². The summed E-state index contributed by atoms with van der Waals surface area (Å²) in [5.41, 5.74) is 0. The second-order valence-electron chi connectivity index (χ2n) is 7.22. The molecule has 2 aliphatic carbocycles. The molecule has 4 heteroatoms. The van der Waals surface area contributed by atoms with Crippen LogP contribution in [-0.4, -0.2) is 47.7 Å². The summed E-state index contributed by atoms with van der Waals surface area (Å²) in [6.07, 6.45) is 10.6. The average Bonchev–Trinajstić information content (AvgIpc) is 3.21. The van der Waals surface area contributed by atoms with Crippen LogP contribution >= 0.6 is 0 Å². The zero-order valence-electron chi connectivity index (χ0n) is 13.1. The van der Waals surface area contributed by atoms with Crippen LogP contribution in [0.15, 0.2) is 0 Å². The predicted molar refractivity (Wildman–Crippen MR) is 82.9 cm³/mol. The number of nitrogens with zero attached hydrogens (tertiary/aromatic N) is 1. The number of carbonyl (C=O) groups excluding carboxylic acids is 1. The van der Waals surface area contributed by atoms with Crippen LogP contribution in [0.2, 0.25) is 0 Å². The van der Waals surface area contributed by atoms with Crippen molar-refractivity contribution in [3.8, 4) is 0 Å². The highest BCUT2D eigenvalue weighted by Gasteiger charge is 2.41. The zero-order valence-corrected chi connectivity index (χ0v) is 13.1. The van der Waals surface area contributed by atoms with Gasteiger partial charge in [0.15, 0.2) is 0 Å². The molecule has 21 heavy (non-hydrogen) atoms. The molecule has 0 aromatic heterocycles. The molecule has 0 bridgehead atoms. The minimum absolute atomic E-state index is 0.107. The van der Waals surface area contributed by atoms with E-state index >= 15 is 0 Å². The molecule has 2 saturated carbocycles. The molecule has 0 radical (unpaired) electrons. The van der Waals surface area contributed by atoms with Gasteiger partial charge in [-0.3, -0.25) is 9.69 Å². The third-order valence-electron chi connectivity index (χ3n) is 5.59. The lowest BCUT2D eigenvalue weighted by atomic mass is 9.95. The minimum Gasteiger partial charge on any atom is -0.396 e. The van der Waals surface area contributed by atoms with Crippen molar-refractivity contribution in [2.45, 2.75) is 69.9 Å². The normalized spacial score (nSPS) is 32.6. The van der Waals surface area contributed by atoms with E-state index in [1.807, 2.05) is 0 Å². The summed E-state index contributed by atoms with van der Waals surface area (Å²) in [7, 11) is 0. The molecular weight excluding hydrogens is 264 g/mol. The fourth-order valence-electron chi connectivity index (χ4n) is 4.17. The number of carbonyl (C=O) groups is 1. The van der Waals surface area contributed by atoms with Crippen molar-refractivity contribution in [3.63, 3.8) is 0 Å². The van der Waals surface area contributed by atoms with Gasteiger partial charge in [-0.05, 0) is 57.5 Å². The van der Waals surface area contributed by atoms with E-state index in [-0.39, 0.29) is 30.5 Å². The quantitative estimate of drug-likeness (QED) is 0.762. The van der Waals surface area contributed by atoms with Crippen LogP contribution in [0.1, 0.15) is 57.8 Å². The van der Waals surface area contributed by atoms with Gasteiger partial charge < -0.3 is 10.4 Å². The van der Waals surface area contributed by atoms with E-state index < -0.39 is 0 Å². The molecule has 1 amide bonds. The van der Waals surface area contributed by atoms with Gasteiger partial charge in [-0.15, -0.1) is 0 Å². The number of aliphatic hydroxyl groups excluding tert-OH is 1. The van der Waals surface area contributed by atoms with Gasteiger partial charge in [-0.2, -0.15) is 0 Å². The summed E-state index contributed by atoms with van der Waals surface area (Å²) in [6, 6.07) is 0.295. The second-order valence-corrected chi connectivity index (χ2v) is 7.22. The molecule has 3 rings (SSSR count). The van der Waals surface area contributed by atoms with Crippen LogP contribution in [-0.2, 0) is 4.79 Å². The van der Waals surface area contributed by atoms with E-state index in [2.05, 4.69) is 10.2 Å². The number of nitrogens with one attached hydrogen (secondary N) is 1. The van der Waals surface area contributed by atoms with Crippen molar-refractivity contribution in [2.24, 2.45) is 11.8 Å². The highest BCUT2D eigenvalue weighted by molar-refractivity contribution is 5.82. The Morgan fingerprint density at radius 2 is 1.76 bits per heavy atom. The SMILES string of the molecule is O=C(N[C@@H]1CCCCC[C@@H]1CO)[C@H](C1CC1)N1CCCC1. The number of likely N-dealkylation sites (tertiary alicyclic amines) is 1. The van der Waals surface area contributed by atoms with E-state index in [1.165, 1.54) is 44.9 Å². The van der Waals surface area contributed by atoms with Crippen LogP contribution in [0.5, 0.6) is 0 Å². The predicted octanol–water partition coefficient (Wildman–Crippen LogP) is 1.92. The van der Waals surface area contributed by atoms with Gasteiger partial charge in [-0.1, -0.05) is 19.3 Å². The molecule has 0 unspecified atom stereocenters. The second kappa shape index (κ2) is 7.10. The zero-order chi connectivity index (χ0) is 14.7. The first-order valence-electron chi connectivity index (χ1n) is 8.95. The molecule has 3 aliphatic rings. The Kier molecular flexibility index (Phi) is 5.17. The Balaban J connectivity index is 1.62. The van der Waals surface area contributed by atoms with E-state index in [0.29, 0.717) is 5.92 Å². The maximum absolute atomic E-state index is 12.8. The topological polar surface area (TPSA) is 52.6 Å². The van der Waals surface area contributed by atoms with Crippen LogP contribution in [0, 0.1) is 11.8 Å². The minimum atomic E-state index is 0.107. The highest BCUT2D eigenvalue weighted by Crippen LogP contribution is 2.37. The van der Waals surface area contributed by atoms with Crippen LogP contribution in [0.25, 0.3) is 0 Å². The summed E-state index contributed by atoms with van der Waals surface area (Å²) in [5, 5.41) is 12.9. The molecule has 0 aromatic carbocycles. The maximum Gasteiger partial charge on any atom is 0.237 e.